The van der Waals surface area contributed by atoms with E-state index in [0.29, 0.717) is 31.8 Å². The Morgan fingerprint density at radius 2 is 1.97 bits per heavy atom. The third-order valence-electron chi connectivity index (χ3n) is 6.41. The van der Waals surface area contributed by atoms with Crippen LogP contribution in [0.25, 0.3) is 0 Å². The van der Waals surface area contributed by atoms with E-state index in [0.717, 1.165) is 38.0 Å². The number of carbonyl (C=O) groups is 2. The van der Waals surface area contributed by atoms with E-state index in [2.05, 4.69) is 40.6 Å². The summed E-state index contributed by atoms with van der Waals surface area (Å²) in [5.41, 5.74) is 1.80. The second kappa shape index (κ2) is 9.49. The van der Waals surface area contributed by atoms with E-state index in [1.807, 2.05) is 23.2 Å². The molecule has 2 aliphatic rings. The molecule has 0 aliphatic carbocycles. The van der Waals surface area contributed by atoms with Gasteiger partial charge in [0.05, 0.1) is 0 Å². The molecule has 2 aliphatic heterocycles. The average Bonchev–Trinajstić information content (AvgIpc) is 3.34. The summed E-state index contributed by atoms with van der Waals surface area (Å²) in [6.07, 6.45) is 6.62. The summed E-state index contributed by atoms with van der Waals surface area (Å²) < 4.78 is 0. The van der Waals surface area contributed by atoms with Crippen LogP contribution in [0.4, 0.5) is 4.79 Å². The predicted molar refractivity (Wildman–Crippen MR) is 123 cm³/mol. The van der Waals surface area contributed by atoms with Crippen molar-refractivity contribution in [2.75, 3.05) is 26.2 Å². The SMILES string of the molecule is CC(C)CN1C(=O)N(CCCc2cccnc2)C(=O)C12CCN(Cc1ccsc1)CC2. The molecular formula is C24H32N4O2S. The molecule has 0 N–H and O–H groups in total. The fourth-order valence-electron chi connectivity index (χ4n) is 4.79. The van der Waals surface area contributed by atoms with Crippen molar-refractivity contribution in [3.8, 4) is 0 Å². The summed E-state index contributed by atoms with van der Waals surface area (Å²) in [7, 11) is 0. The van der Waals surface area contributed by atoms with Gasteiger partial charge < -0.3 is 4.90 Å². The highest BCUT2D eigenvalue weighted by Crippen LogP contribution is 2.38. The summed E-state index contributed by atoms with van der Waals surface area (Å²) >= 11 is 1.72. The number of aryl methyl sites for hydroxylation is 1. The second-order valence-corrected chi connectivity index (χ2v) is 9.93. The van der Waals surface area contributed by atoms with E-state index < -0.39 is 5.54 Å². The number of pyridine rings is 1. The van der Waals surface area contributed by atoms with Crippen molar-refractivity contribution in [1.29, 1.82) is 0 Å². The summed E-state index contributed by atoms with van der Waals surface area (Å²) in [4.78, 5) is 36.9. The van der Waals surface area contributed by atoms with Crippen LogP contribution in [-0.2, 0) is 17.8 Å². The van der Waals surface area contributed by atoms with E-state index in [1.54, 1.807) is 17.5 Å². The Labute approximate surface area is 188 Å². The first-order valence-corrected chi connectivity index (χ1v) is 12.2. The number of hydrogen-bond acceptors (Lipinski definition) is 5. The maximum absolute atomic E-state index is 13.6. The molecule has 4 heterocycles. The Bertz CT molecular complexity index is 876. The lowest BCUT2D eigenvalue weighted by atomic mass is 9.85. The van der Waals surface area contributed by atoms with Gasteiger partial charge in [-0.3, -0.25) is 19.6 Å². The minimum atomic E-state index is -0.666. The zero-order chi connectivity index (χ0) is 21.8. The number of amides is 3. The summed E-state index contributed by atoms with van der Waals surface area (Å²) in [5, 5.41) is 4.29. The van der Waals surface area contributed by atoms with Gasteiger partial charge in [-0.05, 0) is 65.6 Å². The Hall–Kier alpha value is -2.25. The third-order valence-corrected chi connectivity index (χ3v) is 7.14. The molecule has 0 saturated carbocycles. The van der Waals surface area contributed by atoms with Crippen molar-refractivity contribution < 1.29 is 9.59 Å². The smallest absolute Gasteiger partial charge is 0.309 e. The number of aromatic nitrogens is 1. The second-order valence-electron chi connectivity index (χ2n) is 9.15. The van der Waals surface area contributed by atoms with Crippen LogP contribution in [-0.4, -0.2) is 63.3 Å². The van der Waals surface area contributed by atoms with Crippen molar-refractivity contribution in [2.24, 2.45) is 5.92 Å². The van der Waals surface area contributed by atoms with E-state index in [9.17, 15) is 9.59 Å². The Balaban J connectivity index is 1.43. The van der Waals surface area contributed by atoms with Crippen LogP contribution >= 0.6 is 11.3 Å². The molecule has 0 unspecified atom stereocenters. The van der Waals surface area contributed by atoms with E-state index in [1.165, 1.54) is 10.5 Å². The summed E-state index contributed by atoms with van der Waals surface area (Å²) in [6.45, 7) is 7.93. The van der Waals surface area contributed by atoms with Crippen molar-refractivity contribution in [3.63, 3.8) is 0 Å². The van der Waals surface area contributed by atoms with Gasteiger partial charge in [0.15, 0.2) is 0 Å². The van der Waals surface area contributed by atoms with Crippen molar-refractivity contribution in [2.45, 2.75) is 51.6 Å². The minimum Gasteiger partial charge on any atom is -0.309 e. The molecule has 7 heteroatoms. The van der Waals surface area contributed by atoms with E-state index in [4.69, 9.17) is 0 Å². The molecule has 6 nitrogen and oxygen atoms in total. The zero-order valence-corrected chi connectivity index (χ0v) is 19.3. The molecule has 0 aromatic carbocycles. The van der Waals surface area contributed by atoms with Crippen LogP contribution in [0.15, 0.2) is 41.4 Å². The van der Waals surface area contributed by atoms with Crippen molar-refractivity contribution in [3.05, 3.63) is 52.5 Å². The quantitative estimate of drug-likeness (QED) is 0.582. The first kappa shape index (κ1) is 22.0. The Morgan fingerprint density at radius 3 is 2.61 bits per heavy atom. The molecule has 4 rings (SSSR count). The van der Waals surface area contributed by atoms with Crippen LogP contribution in [0.3, 0.4) is 0 Å². The van der Waals surface area contributed by atoms with Gasteiger partial charge >= 0.3 is 6.03 Å². The van der Waals surface area contributed by atoms with Crippen LogP contribution < -0.4 is 0 Å². The first-order chi connectivity index (χ1) is 15.0. The van der Waals surface area contributed by atoms with Gasteiger partial charge in [0.2, 0.25) is 0 Å². The number of imide groups is 1. The van der Waals surface area contributed by atoms with Crippen molar-refractivity contribution >= 4 is 23.3 Å². The lowest BCUT2D eigenvalue weighted by Gasteiger charge is -2.42. The Morgan fingerprint density at radius 1 is 1.16 bits per heavy atom. The van der Waals surface area contributed by atoms with Gasteiger partial charge in [-0.25, -0.2) is 4.79 Å². The largest absolute Gasteiger partial charge is 0.327 e. The third kappa shape index (κ3) is 4.67. The molecule has 2 aromatic rings. The molecule has 166 valence electrons. The highest BCUT2D eigenvalue weighted by Gasteiger charge is 2.57. The molecule has 0 atom stereocenters. The minimum absolute atomic E-state index is 0.0134. The number of piperidine rings is 1. The molecule has 0 radical (unpaired) electrons. The van der Waals surface area contributed by atoms with Gasteiger partial charge in [0.1, 0.15) is 5.54 Å². The maximum atomic E-state index is 13.6. The van der Waals surface area contributed by atoms with Crippen LogP contribution in [0.5, 0.6) is 0 Å². The monoisotopic (exact) mass is 440 g/mol. The van der Waals surface area contributed by atoms with Gasteiger partial charge in [-0.15, -0.1) is 0 Å². The number of carbonyl (C=O) groups excluding carboxylic acids is 2. The number of thiophene rings is 1. The standard InChI is InChI=1S/C24H32N4O2S/c1-19(2)16-28-23(30)27(11-4-6-20-5-3-10-25-15-20)22(29)24(28)8-12-26(13-9-24)17-21-7-14-31-18-21/h3,5,7,10,14-15,18-19H,4,6,8-9,11-13,16-17H2,1-2H3. The summed E-state index contributed by atoms with van der Waals surface area (Å²) in [6, 6.07) is 6.02. The van der Waals surface area contributed by atoms with Crippen LogP contribution in [0, 0.1) is 5.92 Å². The van der Waals surface area contributed by atoms with E-state index in [-0.39, 0.29) is 11.9 Å². The summed E-state index contributed by atoms with van der Waals surface area (Å²) in [5.74, 6) is 0.340. The average molecular weight is 441 g/mol. The number of hydrogen-bond donors (Lipinski definition) is 0. The molecule has 2 saturated heterocycles. The normalized spacial score (nSPS) is 19.2. The molecule has 2 aromatic heterocycles. The van der Waals surface area contributed by atoms with Gasteiger partial charge in [-0.2, -0.15) is 11.3 Å². The molecule has 3 amide bonds. The van der Waals surface area contributed by atoms with Gasteiger partial charge in [-0.1, -0.05) is 19.9 Å². The lowest BCUT2D eigenvalue weighted by molar-refractivity contribution is -0.135. The Kier molecular flexibility index (Phi) is 6.72. The molecule has 2 fully saturated rings. The van der Waals surface area contributed by atoms with Crippen molar-refractivity contribution in [1.82, 2.24) is 19.7 Å². The number of urea groups is 1. The van der Waals surface area contributed by atoms with Crippen LogP contribution in [0.2, 0.25) is 0 Å². The van der Waals surface area contributed by atoms with Gasteiger partial charge in [0, 0.05) is 45.1 Å². The first-order valence-electron chi connectivity index (χ1n) is 11.3. The molecule has 0 bridgehead atoms. The fourth-order valence-corrected chi connectivity index (χ4v) is 5.45. The molecule has 1 spiro atoms. The van der Waals surface area contributed by atoms with Gasteiger partial charge in [0.25, 0.3) is 5.91 Å². The fraction of sp³-hybridized carbons (Fsp3) is 0.542. The highest BCUT2D eigenvalue weighted by molar-refractivity contribution is 7.07. The molecular weight excluding hydrogens is 408 g/mol. The predicted octanol–water partition coefficient (Wildman–Crippen LogP) is 4.03. The lowest BCUT2D eigenvalue weighted by Crippen LogP contribution is -2.57. The zero-order valence-electron chi connectivity index (χ0n) is 18.5. The number of rotatable bonds is 8. The maximum Gasteiger partial charge on any atom is 0.327 e. The number of likely N-dealkylation sites (tertiary alicyclic amines) is 1. The van der Waals surface area contributed by atoms with E-state index >= 15 is 0 Å². The topological polar surface area (TPSA) is 56.8 Å². The highest BCUT2D eigenvalue weighted by atomic mass is 32.1. The molecule has 31 heavy (non-hydrogen) atoms. The van der Waals surface area contributed by atoms with Crippen LogP contribution in [0.1, 0.15) is 44.2 Å². The number of nitrogens with zero attached hydrogens (tertiary/aromatic N) is 4.